The number of nitrogens with zero attached hydrogens (tertiary/aromatic N) is 2. The fourth-order valence-corrected chi connectivity index (χ4v) is 5.97. The second-order valence-corrected chi connectivity index (χ2v) is 10.2. The number of nitrogens with one attached hydrogen (secondary N) is 2. The van der Waals surface area contributed by atoms with Crippen LogP contribution in [0.1, 0.15) is 74.6 Å². The van der Waals surface area contributed by atoms with E-state index < -0.39 is 11.9 Å². The van der Waals surface area contributed by atoms with Gasteiger partial charge in [-0.3, -0.25) is 29.4 Å². The first-order chi connectivity index (χ1) is 17.4. The number of carbonyl (C=O) groups is 4. The topological polar surface area (TPSA) is 98.8 Å². The van der Waals surface area contributed by atoms with Gasteiger partial charge in [-0.25, -0.2) is 4.39 Å². The highest BCUT2D eigenvalue weighted by molar-refractivity contribution is 6.05. The molecule has 2 saturated heterocycles. The van der Waals surface area contributed by atoms with Crippen LogP contribution in [0.25, 0.3) is 0 Å². The number of fused-ring (bicyclic) bond motifs is 2. The van der Waals surface area contributed by atoms with Crippen molar-refractivity contribution < 1.29 is 23.6 Å². The van der Waals surface area contributed by atoms with E-state index in [0.717, 1.165) is 49.2 Å². The quantitative estimate of drug-likeness (QED) is 0.641. The highest BCUT2D eigenvalue weighted by Gasteiger charge is 2.40. The Hall–Kier alpha value is -3.59. The molecule has 0 saturated carbocycles. The van der Waals surface area contributed by atoms with Crippen LogP contribution in [0.2, 0.25) is 0 Å². The molecule has 1 atom stereocenters. The van der Waals surface area contributed by atoms with Crippen LogP contribution in [-0.2, 0) is 29.2 Å². The van der Waals surface area contributed by atoms with Crippen molar-refractivity contribution in [3.63, 3.8) is 0 Å². The lowest BCUT2D eigenvalue weighted by Crippen LogP contribution is -2.52. The largest absolute Gasteiger partial charge is 0.348 e. The summed E-state index contributed by atoms with van der Waals surface area (Å²) >= 11 is 0. The van der Waals surface area contributed by atoms with Crippen molar-refractivity contribution in [2.75, 3.05) is 13.1 Å². The summed E-state index contributed by atoms with van der Waals surface area (Å²) < 4.78 is 15.2. The molecule has 0 bridgehead atoms. The van der Waals surface area contributed by atoms with Crippen LogP contribution in [0.15, 0.2) is 30.3 Å². The summed E-state index contributed by atoms with van der Waals surface area (Å²) in [6.45, 7) is 3.28. The molecule has 4 aliphatic heterocycles. The minimum Gasteiger partial charge on any atom is -0.348 e. The maximum atomic E-state index is 15.2. The van der Waals surface area contributed by atoms with Gasteiger partial charge >= 0.3 is 0 Å². The van der Waals surface area contributed by atoms with Crippen molar-refractivity contribution in [2.24, 2.45) is 0 Å². The van der Waals surface area contributed by atoms with E-state index in [1.807, 2.05) is 12.1 Å². The van der Waals surface area contributed by atoms with E-state index in [2.05, 4.69) is 21.6 Å². The monoisotopic (exact) mass is 490 g/mol. The molecule has 4 amide bonds. The molecule has 2 fully saturated rings. The standard InChI is InChI=1S/C27H27FN4O4/c28-22-11-21-18(14-32(27(21)36)23-3-4-24(33)30-26(23)35)10-20(22)16-5-7-31(8-6-16)13-15-1-2-19-17(9-15)12-29-25(19)34/h1-2,9-11,16,23H,3-8,12-14H2,(H,29,34)(H,30,33,35). The van der Waals surface area contributed by atoms with E-state index in [4.69, 9.17) is 0 Å². The molecule has 2 aromatic rings. The Kier molecular flexibility index (Phi) is 5.59. The van der Waals surface area contributed by atoms with Crippen LogP contribution in [0.4, 0.5) is 4.39 Å². The molecule has 8 nitrogen and oxygen atoms in total. The number of hydrogen-bond donors (Lipinski definition) is 2. The molecule has 0 aromatic heterocycles. The Morgan fingerprint density at radius 3 is 2.53 bits per heavy atom. The third-order valence-corrected chi connectivity index (χ3v) is 7.93. The van der Waals surface area contributed by atoms with E-state index >= 15 is 4.39 Å². The van der Waals surface area contributed by atoms with Crippen molar-refractivity contribution in [1.82, 2.24) is 20.4 Å². The molecule has 4 aliphatic rings. The lowest BCUT2D eigenvalue weighted by Gasteiger charge is -2.32. The Bertz CT molecular complexity index is 1300. The molecule has 0 aliphatic carbocycles. The number of rotatable bonds is 4. The lowest BCUT2D eigenvalue weighted by molar-refractivity contribution is -0.136. The zero-order chi connectivity index (χ0) is 25.0. The summed E-state index contributed by atoms with van der Waals surface area (Å²) in [5.41, 5.74) is 4.63. The first-order valence-corrected chi connectivity index (χ1v) is 12.5. The van der Waals surface area contributed by atoms with Crippen molar-refractivity contribution >= 4 is 23.6 Å². The van der Waals surface area contributed by atoms with E-state index in [0.29, 0.717) is 17.7 Å². The van der Waals surface area contributed by atoms with E-state index in [-0.39, 0.29) is 48.8 Å². The van der Waals surface area contributed by atoms with Gasteiger partial charge in [0.1, 0.15) is 11.9 Å². The number of halogens is 1. The Labute approximate surface area is 207 Å². The summed E-state index contributed by atoms with van der Waals surface area (Å²) in [6, 6.07) is 8.40. The molecule has 2 aromatic carbocycles. The predicted molar refractivity (Wildman–Crippen MR) is 127 cm³/mol. The Balaban J connectivity index is 1.12. The van der Waals surface area contributed by atoms with Crippen molar-refractivity contribution in [3.05, 3.63) is 69.5 Å². The fourth-order valence-electron chi connectivity index (χ4n) is 5.97. The maximum Gasteiger partial charge on any atom is 0.255 e. The fraction of sp³-hybridized carbons (Fsp3) is 0.407. The molecular formula is C27H27FN4O4. The minimum atomic E-state index is -0.703. The number of piperidine rings is 2. The molecular weight excluding hydrogens is 463 g/mol. The molecule has 0 radical (unpaired) electrons. The van der Waals surface area contributed by atoms with Crippen LogP contribution in [0.3, 0.4) is 0 Å². The van der Waals surface area contributed by atoms with E-state index in [1.54, 1.807) is 6.07 Å². The average Bonchev–Trinajstić information content (AvgIpc) is 3.38. The van der Waals surface area contributed by atoms with Gasteiger partial charge in [0, 0.05) is 37.2 Å². The molecule has 9 heteroatoms. The van der Waals surface area contributed by atoms with Gasteiger partial charge in [0.05, 0.1) is 0 Å². The Morgan fingerprint density at radius 1 is 0.944 bits per heavy atom. The van der Waals surface area contributed by atoms with Crippen molar-refractivity contribution in [3.8, 4) is 0 Å². The van der Waals surface area contributed by atoms with Gasteiger partial charge in [-0.05, 0) is 72.7 Å². The van der Waals surface area contributed by atoms with Gasteiger partial charge in [-0.2, -0.15) is 0 Å². The van der Waals surface area contributed by atoms with E-state index in [1.165, 1.54) is 16.5 Å². The summed E-state index contributed by atoms with van der Waals surface area (Å²) in [7, 11) is 0. The van der Waals surface area contributed by atoms with Gasteiger partial charge < -0.3 is 10.2 Å². The van der Waals surface area contributed by atoms with Crippen LogP contribution in [0.5, 0.6) is 0 Å². The summed E-state index contributed by atoms with van der Waals surface area (Å²) in [5.74, 6) is -1.48. The molecule has 36 heavy (non-hydrogen) atoms. The number of amides is 4. The second kappa shape index (κ2) is 8.81. The normalized spacial score (nSPS) is 22.5. The minimum absolute atomic E-state index is 0.0179. The summed E-state index contributed by atoms with van der Waals surface area (Å²) in [6.07, 6.45) is 2.10. The smallest absolute Gasteiger partial charge is 0.255 e. The highest BCUT2D eigenvalue weighted by atomic mass is 19.1. The SMILES string of the molecule is O=C1CCC(N2Cc3cc(C4CCN(Cc5ccc6c(c5)CNC6=O)CC4)c(F)cc3C2=O)C(=O)N1. The van der Waals surface area contributed by atoms with Crippen LogP contribution in [0, 0.1) is 5.82 Å². The zero-order valence-corrected chi connectivity index (χ0v) is 19.8. The van der Waals surface area contributed by atoms with E-state index in [9.17, 15) is 19.2 Å². The second-order valence-electron chi connectivity index (χ2n) is 10.2. The predicted octanol–water partition coefficient (Wildman–Crippen LogP) is 2.21. The number of benzene rings is 2. The van der Waals surface area contributed by atoms with Gasteiger partial charge in [-0.15, -0.1) is 0 Å². The maximum absolute atomic E-state index is 15.2. The first kappa shape index (κ1) is 22.8. The number of carbonyl (C=O) groups excluding carboxylic acids is 4. The Morgan fingerprint density at radius 2 is 1.75 bits per heavy atom. The average molecular weight is 491 g/mol. The molecule has 6 rings (SSSR count). The first-order valence-electron chi connectivity index (χ1n) is 12.5. The number of likely N-dealkylation sites (tertiary alicyclic amines) is 1. The molecule has 1 unspecified atom stereocenters. The molecule has 2 N–H and O–H groups in total. The van der Waals surface area contributed by atoms with Gasteiger partial charge in [0.2, 0.25) is 11.8 Å². The van der Waals surface area contributed by atoms with Crippen molar-refractivity contribution in [2.45, 2.75) is 57.3 Å². The van der Waals surface area contributed by atoms with Gasteiger partial charge in [0.15, 0.2) is 0 Å². The molecule has 0 spiro atoms. The van der Waals surface area contributed by atoms with Gasteiger partial charge in [0.25, 0.3) is 11.8 Å². The summed E-state index contributed by atoms with van der Waals surface area (Å²) in [5, 5.41) is 5.14. The highest BCUT2D eigenvalue weighted by Crippen LogP contribution is 2.35. The van der Waals surface area contributed by atoms with Crippen LogP contribution in [-0.4, -0.2) is 52.6 Å². The third-order valence-electron chi connectivity index (χ3n) is 7.93. The number of imide groups is 1. The third kappa shape index (κ3) is 3.97. The van der Waals surface area contributed by atoms with Crippen LogP contribution >= 0.6 is 0 Å². The zero-order valence-electron chi connectivity index (χ0n) is 19.8. The summed E-state index contributed by atoms with van der Waals surface area (Å²) in [4.78, 5) is 52.3. The molecule has 186 valence electrons. The lowest BCUT2D eigenvalue weighted by atomic mass is 9.87. The van der Waals surface area contributed by atoms with Crippen molar-refractivity contribution in [1.29, 1.82) is 0 Å². The number of hydrogen-bond acceptors (Lipinski definition) is 5. The van der Waals surface area contributed by atoms with Gasteiger partial charge in [-0.1, -0.05) is 18.2 Å². The van der Waals surface area contributed by atoms with Crippen LogP contribution < -0.4 is 10.6 Å². The molecule has 4 heterocycles.